The third-order valence-corrected chi connectivity index (χ3v) is 2.37. The van der Waals surface area contributed by atoms with E-state index in [2.05, 4.69) is 20.1 Å². The van der Waals surface area contributed by atoms with Gasteiger partial charge in [0, 0.05) is 18.6 Å². The molecule has 0 bridgehead atoms. The molecule has 0 heterocycles. The smallest absolute Gasteiger partial charge is 0.333 e. The molecular weight excluding hydrogens is 232 g/mol. The SMILES string of the molecule is C=CC(=O)OC(CCCCCCC)OC(=O)C=C. The highest BCUT2D eigenvalue weighted by atomic mass is 16.7. The van der Waals surface area contributed by atoms with Crippen molar-refractivity contribution in [1.82, 2.24) is 0 Å². The number of esters is 2. The lowest BCUT2D eigenvalue weighted by atomic mass is 10.1. The lowest BCUT2D eigenvalue weighted by molar-refractivity contribution is -0.182. The standard InChI is InChI=1S/C14H22O4/c1-4-7-8-9-10-11-14(17-12(15)5-2)18-13(16)6-3/h5-6,14H,2-4,7-11H2,1H3. The van der Waals surface area contributed by atoms with E-state index < -0.39 is 18.2 Å². The van der Waals surface area contributed by atoms with Crippen molar-refractivity contribution < 1.29 is 19.1 Å². The molecule has 0 aromatic carbocycles. The summed E-state index contributed by atoms with van der Waals surface area (Å²) < 4.78 is 9.86. The zero-order valence-corrected chi connectivity index (χ0v) is 11.0. The minimum Gasteiger partial charge on any atom is -0.422 e. The monoisotopic (exact) mass is 254 g/mol. The molecule has 0 atom stereocenters. The van der Waals surface area contributed by atoms with E-state index in [9.17, 15) is 9.59 Å². The number of ether oxygens (including phenoxy) is 2. The summed E-state index contributed by atoms with van der Waals surface area (Å²) in [6.07, 6.45) is 7.11. The molecule has 0 saturated heterocycles. The fourth-order valence-corrected chi connectivity index (χ4v) is 1.41. The van der Waals surface area contributed by atoms with E-state index >= 15 is 0 Å². The van der Waals surface area contributed by atoms with E-state index in [1.54, 1.807) is 0 Å². The molecule has 18 heavy (non-hydrogen) atoms. The molecule has 4 heteroatoms. The highest BCUT2D eigenvalue weighted by Crippen LogP contribution is 2.11. The minimum absolute atomic E-state index is 0.503. The van der Waals surface area contributed by atoms with Crippen molar-refractivity contribution >= 4 is 11.9 Å². The van der Waals surface area contributed by atoms with Crippen LogP contribution < -0.4 is 0 Å². The Morgan fingerprint density at radius 3 is 1.94 bits per heavy atom. The third kappa shape index (κ3) is 8.56. The van der Waals surface area contributed by atoms with Crippen LogP contribution in [-0.2, 0) is 19.1 Å². The molecule has 0 aliphatic carbocycles. The minimum atomic E-state index is -0.845. The second kappa shape index (κ2) is 10.6. The fraction of sp³-hybridized carbons (Fsp3) is 0.571. The van der Waals surface area contributed by atoms with Gasteiger partial charge in [-0.1, -0.05) is 45.8 Å². The summed E-state index contributed by atoms with van der Waals surface area (Å²) in [5, 5.41) is 0. The Balaban J connectivity index is 4.03. The number of hydrogen-bond donors (Lipinski definition) is 0. The van der Waals surface area contributed by atoms with Crippen LogP contribution in [0.25, 0.3) is 0 Å². The Labute approximate surface area is 109 Å². The van der Waals surface area contributed by atoms with Crippen LogP contribution >= 0.6 is 0 Å². The molecule has 0 N–H and O–H groups in total. The molecule has 0 amide bonds. The molecule has 0 radical (unpaired) electrons. The van der Waals surface area contributed by atoms with Gasteiger partial charge in [-0.2, -0.15) is 0 Å². The van der Waals surface area contributed by atoms with Gasteiger partial charge in [0.05, 0.1) is 0 Å². The van der Waals surface area contributed by atoms with E-state index in [1.165, 1.54) is 12.8 Å². The molecule has 102 valence electrons. The molecule has 0 aromatic rings. The topological polar surface area (TPSA) is 52.6 Å². The van der Waals surface area contributed by atoms with E-state index in [-0.39, 0.29) is 0 Å². The maximum atomic E-state index is 11.1. The number of rotatable bonds is 10. The number of unbranched alkanes of at least 4 members (excludes halogenated alkanes) is 4. The predicted molar refractivity (Wildman–Crippen MR) is 69.7 cm³/mol. The first kappa shape index (κ1) is 16.4. The Bertz CT molecular complexity index is 262. The molecule has 4 nitrogen and oxygen atoms in total. The maximum Gasteiger partial charge on any atom is 0.333 e. The van der Waals surface area contributed by atoms with Crippen LogP contribution in [0.2, 0.25) is 0 Å². The average Bonchev–Trinajstić information content (AvgIpc) is 2.37. The van der Waals surface area contributed by atoms with Gasteiger partial charge in [-0.3, -0.25) is 0 Å². The zero-order chi connectivity index (χ0) is 13.8. The van der Waals surface area contributed by atoms with Gasteiger partial charge in [-0.05, 0) is 6.42 Å². The van der Waals surface area contributed by atoms with Crippen LogP contribution in [-0.4, -0.2) is 18.2 Å². The second-order valence-corrected chi connectivity index (χ2v) is 3.91. The molecule has 0 saturated carbocycles. The average molecular weight is 254 g/mol. The van der Waals surface area contributed by atoms with Crippen molar-refractivity contribution in [2.45, 2.75) is 51.7 Å². The molecular formula is C14H22O4. The van der Waals surface area contributed by atoms with Crippen molar-refractivity contribution in [3.63, 3.8) is 0 Å². The largest absolute Gasteiger partial charge is 0.422 e. The van der Waals surface area contributed by atoms with Crippen molar-refractivity contribution in [1.29, 1.82) is 0 Å². The Kier molecular flexibility index (Phi) is 9.64. The van der Waals surface area contributed by atoms with Crippen molar-refractivity contribution in [3.8, 4) is 0 Å². The van der Waals surface area contributed by atoms with Gasteiger partial charge in [0.15, 0.2) is 0 Å². The highest BCUT2D eigenvalue weighted by Gasteiger charge is 2.15. The molecule has 0 unspecified atom stereocenters. The molecule has 0 fully saturated rings. The molecule has 0 aliphatic heterocycles. The molecule has 0 rings (SSSR count). The first-order valence-corrected chi connectivity index (χ1v) is 6.30. The molecule has 0 spiro atoms. The number of carbonyl (C=O) groups excluding carboxylic acids is 2. The van der Waals surface area contributed by atoms with Gasteiger partial charge >= 0.3 is 11.9 Å². The van der Waals surface area contributed by atoms with Crippen LogP contribution in [0, 0.1) is 0 Å². The lowest BCUT2D eigenvalue weighted by Crippen LogP contribution is -2.23. The number of hydrogen-bond acceptors (Lipinski definition) is 4. The van der Waals surface area contributed by atoms with Crippen molar-refractivity contribution in [2.24, 2.45) is 0 Å². The first-order chi connectivity index (χ1) is 8.63. The van der Waals surface area contributed by atoms with E-state index in [0.717, 1.165) is 31.4 Å². The van der Waals surface area contributed by atoms with Gasteiger partial charge in [0.25, 0.3) is 0 Å². The fourth-order valence-electron chi connectivity index (χ4n) is 1.41. The van der Waals surface area contributed by atoms with E-state index in [0.29, 0.717) is 6.42 Å². The molecule has 0 aliphatic rings. The van der Waals surface area contributed by atoms with E-state index in [4.69, 9.17) is 9.47 Å². The summed E-state index contributed by atoms with van der Waals surface area (Å²) >= 11 is 0. The number of carbonyl (C=O) groups is 2. The highest BCUT2D eigenvalue weighted by molar-refractivity contribution is 5.82. The first-order valence-electron chi connectivity index (χ1n) is 6.30. The summed E-state index contributed by atoms with van der Waals surface area (Å²) in [6, 6.07) is 0. The summed E-state index contributed by atoms with van der Waals surface area (Å²) in [4.78, 5) is 22.1. The van der Waals surface area contributed by atoms with Gasteiger partial charge in [0.1, 0.15) is 0 Å². The van der Waals surface area contributed by atoms with E-state index in [1.807, 2.05) is 0 Å². The van der Waals surface area contributed by atoms with Gasteiger partial charge in [-0.15, -0.1) is 0 Å². The van der Waals surface area contributed by atoms with Gasteiger partial charge in [0.2, 0.25) is 6.29 Å². The summed E-state index contributed by atoms with van der Waals surface area (Å²) in [5.74, 6) is -1.18. The van der Waals surface area contributed by atoms with Crippen LogP contribution in [0.5, 0.6) is 0 Å². The quantitative estimate of drug-likeness (QED) is 0.260. The van der Waals surface area contributed by atoms with Crippen molar-refractivity contribution in [2.75, 3.05) is 0 Å². The second-order valence-electron chi connectivity index (χ2n) is 3.91. The zero-order valence-electron chi connectivity index (χ0n) is 11.0. The normalized spacial score (nSPS) is 9.89. The molecule has 0 aromatic heterocycles. The summed E-state index contributed by atoms with van der Waals surface area (Å²) in [6.45, 7) is 8.74. The maximum absolute atomic E-state index is 11.1. The van der Waals surface area contributed by atoms with Crippen LogP contribution in [0.1, 0.15) is 45.4 Å². The van der Waals surface area contributed by atoms with Crippen LogP contribution in [0.15, 0.2) is 25.3 Å². The Morgan fingerprint density at radius 1 is 1.00 bits per heavy atom. The lowest BCUT2D eigenvalue weighted by Gasteiger charge is -2.16. The summed E-state index contributed by atoms with van der Waals surface area (Å²) in [5.41, 5.74) is 0. The summed E-state index contributed by atoms with van der Waals surface area (Å²) in [7, 11) is 0. The predicted octanol–water partition coefficient (Wildman–Crippen LogP) is 3.13. The van der Waals surface area contributed by atoms with Gasteiger partial charge in [-0.25, -0.2) is 9.59 Å². The van der Waals surface area contributed by atoms with Crippen LogP contribution in [0.3, 0.4) is 0 Å². The third-order valence-electron chi connectivity index (χ3n) is 2.37. The Morgan fingerprint density at radius 2 is 1.50 bits per heavy atom. The van der Waals surface area contributed by atoms with Crippen LogP contribution in [0.4, 0.5) is 0 Å². The van der Waals surface area contributed by atoms with Crippen molar-refractivity contribution in [3.05, 3.63) is 25.3 Å². The van der Waals surface area contributed by atoms with Gasteiger partial charge < -0.3 is 9.47 Å². The Hall–Kier alpha value is -1.58.